The Bertz CT molecular complexity index is 377. The fraction of sp³-hybridized carbons (Fsp3) is 0.143. The average Bonchev–Trinajstić information content (AvgIpc) is 2.02. The molecule has 0 fully saturated rings. The van der Waals surface area contributed by atoms with Crippen molar-refractivity contribution in [1.82, 2.24) is 0 Å². The largest absolute Gasteiger partial charge is 0.302 e. The summed E-state index contributed by atoms with van der Waals surface area (Å²) in [5, 5.41) is 10.5. The molecule has 0 amide bonds. The molecule has 1 N–H and O–H groups in total. The highest BCUT2D eigenvalue weighted by Gasteiger charge is 2.19. The van der Waals surface area contributed by atoms with Crippen molar-refractivity contribution in [2.24, 2.45) is 0 Å². The summed E-state index contributed by atoms with van der Waals surface area (Å²) in [6.45, 7) is 1.52. The van der Waals surface area contributed by atoms with Gasteiger partial charge < -0.3 is 4.55 Å². The summed E-state index contributed by atoms with van der Waals surface area (Å²) in [4.78, 5) is 9.69. The predicted octanol–water partition coefficient (Wildman–Crippen LogP) is 1.48. The summed E-state index contributed by atoms with van der Waals surface area (Å²) in [5.74, 6) is 0. The average molecular weight is 201 g/mol. The summed E-state index contributed by atoms with van der Waals surface area (Å²) in [6, 6.07) is 4.29. The summed E-state index contributed by atoms with van der Waals surface area (Å²) >= 11 is -2.31. The molecule has 0 bridgehead atoms. The minimum absolute atomic E-state index is 0.162. The highest BCUT2D eigenvalue weighted by molar-refractivity contribution is 7.79. The van der Waals surface area contributed by atoms with E-state index in [1.165, 1.54) is 25.1 Å². The van der Waals surface area contributed by atoms with Crippen molar-refractivity contribution in [1.29, 1.82) is 0 Å². The highest BCUT2D eigenvalue weighted by Crippen LogP contribution is 2.24. The molecule has 1 rings (SSSR count). The summed E-state index contributed by atoms with van der Waals surface area (Å²) < 4.78 is 19.4. The first-order chi connectivity index (χ1) is 6.04. The Morgan fingerprint density at radius 2 is 2.15 bits per heavy atom. The van der Waals surface area contributed by atoms with E-state index in [0.29, 0.717) is 5.56 Å². The molecule has 0 aliphatic rings. The fourth-order valence-corrected chi connectivity index (χ4v) is 1.60. The van der Waals surface area contributed by atoms with Crippen LogP contribution in [-0.2, 0) is 11.1 Å². The third-order valence-electron chi connectivity index (χ3n) is 1.57. The van der Waals surface area contributed by atoms with Crippen molar-refractivity contribution < 1.29 is 13.7 Å². The van der Waals surface area contributed by atoms with E-state index in [9.17, 15) is 14.3 Å². The minimum atomic E-state index is -2.31. The van der Waals surface area contributed by atoms with Gasteiger partial charge in [0, 0.05) is 5.56 Å². The second kappa shape index (κ2) is 3.63. The molecular formula is C7H7NO4S. The van der Waals surface area contributed by atoms with Crippen LogP contribution in [0.1, 0.15) is 5.56 Å². The van der Waals surface area contributed by atoms with Crippen molar-refractivity contribution >= 4 is 16.8 Å². The molecule has 13 heavy (non-hydrogen) atoms. The second-order valence-corrected chi connectivity index (χ2v) is 3.37. The Morgan fingerprint density at radius 3 is 2.54 bits per heavy atom. The van der Waals surface area contributed by atoms with E-state index >= 15 is 0 Å². The first kappa shape index (κ1) is 9.82. The maximum atomic E-state index is 10.7. The van der Waals surface area contributed by atoms with Crippen molar-refractivity contribution in [3.05, 3.63) is 33.9 Å². The smallest absolute Gasteiger partial charge is 0.290 e. The fourth-order valence-electron chi connectivity index (χ4n) is 1.01. The molecule has 1 atom stereocenters. The summed E-state index contributed by atoms with van der Waals surface area (Å²) in [7, 11) is 0. The molecule has 1 unspecified atom stereocenters. The lowest BCUT2D eigenvalue weighted by molar-refractivity contribution is -0.388. The molecule has 5 nitrogen and oxygen atoms in total. The Morgan fingerprint density at radius 1 is 1.54 bits per heavy atom. The lowest BCUT2D eigenvalue weighted by Gasteiger charge is -2.00. The first-order valence-corrected chi connectivity index (χ1v) is 4.49. The molecule has 70 valence electrons. The van der Waals surface area contributed by atoms with Gasteiger partial charge in [0.15, 0.2) is 11.1 Å². The van der Waals surface area contributed by atoms with Crippen molar-refractivity contribution in [2.45, 2.75) is 11.8 Å². The van der Waals surface area contributed by atoms with Crippen LogP contribution in [0.3, 0.4) is 0 Å². The lowest BCUT2D eigenvalue weighted by atomic mass is 10.2. The van der Waals surface area contributed by atoms with Gasteiger partial charge in [-0.05, 0) is 13.0 Å². The number of nitro benzene ring substituents is 1. The molecule has 0 spiro atoms. The van der Waals surface area contributed by atoms with E-state index in [2.05, 4.69) is 0 Å². The number of aryl methyl sites for hydroxylation is 1. The van der Waals surface area contributed by atoms with Crippen LogP contribution in [0.25, 0.3) is 0 Å². The molecule has 0 aliphatic carbocycles. The third-order valence-corrected chi connectivity index (χ3v) is 2.28. The Balaban J connectivity index is 3.43. The molecule has 1 aromatic carbocycles. The highest BCUT2D eigenvalue weighted by atomic mass is 32.2. The minimum Gasteiger partial charge on any atom is -0.302 e. The standard InChI is InChI=1S/C7H7NO4S/c1-5-3-2-4-6(13(11)12)7(5)8(9)10/h2-4H,1H3,(H,11,12). The van der Waals surface area contributed by atoms with Gasteiger partial charge in [0.2, 0.25) is 0 Å². The summed E-state index contributed by atoms with van der Waals surface area (Å²) in [5.41, 5.74) is 0.0910. The topological polar surface area (TPSA) is 80.4 Å². The molecule has 0 radical (unpaired) electrons. The van der Waals surface area contributed by atoms with Crippen molar-refractivity contribution in [2.75, 3.05) is 0 Å². The van der Waals surface area contributed by atoms with Gasteiger partial charge in [0.05, 0.1) is 4.92 Å². The zero-order chi connectivity index (χ0) is 10.0. The van der Waals surface area contributed by atoms with Gasteiger partial charge in [-0.1, -0.05) is 12.1 Å². The van der Waals surface area contributed by atoms with Crippen LogP contribution in [0.2, 0.25) is 0 Å². The number of nitrogens with zero attached hydrogens (tertiary/aromatic N) is 1. The quantitative estimate of drug-likeness (QED) is 0.446. The zero-order valence-electron chi connectivity index (χ0n) is 6.76. The summed E-state index contributed by atoms with van der Waals surface area (Å²) in [6.07, 6.45) is 0. The van der Waals surface area contributed by atoms with E-state index in [4.69, 9.17) is 4.55 Å². The maximum absolute atomic E-state index is 10.7. The van der Waals surface area contributed by atoms with Gasteiger partial charge in [-0.25, -0.2) is 4.21 Å². The van der Waals surface area contributed by atoms with Gasteiger partial charge in [-0.3, -0.25) is 10.1 Å². The van der Waals surface area contributed by atoms with Crippen molar-refractivity contribution in [3.63, 3.8) is 0 Å². The van der Waals surface area contributed by atoms with Gasteiger partial charge in [0.1, 0.15) is 4.90 Å². The monoisotopic (exact) mass is 201 g/mol. The molecule has 0 saturated heterocycles. The maximum Gasteiger partial charge on any atom is 0.290 e. The first-order valence-electron chi connectivity index (χ1n) is 3.39. The van der Waals surface area contributed by atoms with E-state index in [1.54, 1.807) is 0 Å². The van der Waals surface area contributed by atoms with Crippen LogP contribution in [0.4, 0.5) is 5.69 Å². The van der Waals surface area contributed by atoms with Crippen LogP contribution in [0.5, 0.6) is 0 Å². The number of benzene rings is 1. The number of rotatable bonds is 2. The number of hydrogen-bond acceptors (Lipinski definition) is 3. The van der Waals surface area contributed by atoms with Gasteiger partial charge in [0.25, 0.3) is 5.69 Å². The van der Waals surface area contributed by atoms with E-state index < -0.39 is 16.0 Å². The van der Waals surface area contributed by atoms with Crippen LogP contribution in [0, 0.1) is 17.0 Å². The molecule has 0 aromatic heterocycles. The number of para-hydroxylation sites is 1. The Hall–Kier alpha value is -1.27. The molecule has 6 heteroatoms. The van der Waals surface area contributed by atoms with E-state index in [0.717, 1.165) is 0 Å². The SMILES string of the molecule is Cc1cccc(S(=O)O)c1[N+](=O)[O-]. The van der Waals surface area contributed by atoms with Crippen LogP contribution >= 0.6 is 0 Å². The lowest BCUT2D eigenvalue weighted by Crippen LogP contribution is -1.99. The van der Waals surface area contributed by atoms with E-state index in [1.807, 2.05) is 0 Å². The molecule has 1 aromatic rings. The molecule has 0 aliphatic heterocycles. The van der Waals surface area contributed by atoms with Crippen LogP contribution < -0.4 is 0 Å². The molecular weight excluding hydrogens is 194 g/mol. The normalized spacial score (nSPS) is 12.5. The van der Waals surface area contributed by atoms with Crippen LogP contribution in [-0.4, -0.2) is 13.7 Å². The predicted molar refractivity (Wildman–Crippen MR) is 46.9 cm³/mol. The van der Waals surface area contributed by atoms with Gasteiger partial charge >= 0.3 is 0 Å². The molecule has 0 saturated carbocycles. The Labute approximate surface area is 76.8 Å². The zero-order valence-corrected chi connectivity index (χ0v) is 7.58. The Kier molecular flexibility index (Phi) is 2.74. The second-order valence-electron chi connectivity index (χ2n) is 2.43. The number of nitro groups is 1. The van der Waals surface area contributed by atoms with Gasteiger partial charge in [-0.2, -0.15) is 0 Å². The van der Waals surface area contributed by atoms with Gasteiger partial charge in [-0.15, -0.1) is 0 Å². The molecule has 0 heterocycles. The van der Waals surface area contributed by atoms with Crippen molar-refractivity contribution in [3.8, 4) is 0 Å². The van der Waals surface area contributed by atoms with E-state index in [-0.39, 0.29) is 10.6 Å². The number of hydrogen-bond donors (Lipinski definition) is 1. The third kappa shape index (κ3) is 1.90. The van der Waals surface area contributed by atoms with Crippen LogP contribution in [0.15, 0.2) is 23.1 Å².